The summed E-state index contributed by atoms with van der Waals surface area (Å²) in [5.41, 5.74) is 0. The van der Waals surface area contributed by atoms with Gasteiger partial charge in [0.25, 0.3) is 10.2 Å². The first kappa shape index (κ1) is 14.7. The maximum Gasteiger partial charge on any atom is 0.282 e. The second kappa shape index (κ2) is 6.17. The number of piperazine rings is 1. The molecule has 1 unspecified atom stereocenters. The van der Waals surface area contributed by atoms with Crippen LogP contribution in [-0.2, 0) is 15.0 Å². The SMILES string of the molecule is CCNC(=O)C1CNCCN1S(=O)(=O)N1CCCC1. The molecule has 110 valence electrons. The molecule has 2 aliphatic heterocycles. The molecule has 2 aliphatic rings. The van der Waals surface area contributed by atoms with Crippen molar-refractivity contribution in [2.45, 2.75) is 25.8 Å². The van der Waals surface area contributed by atoms with Crippen molar-refractivity contribution < 1.29 is 13.2 Å². The van der Waals surface area contributed by atoms with Gasteiger partial charge in [-0.05, 0) is 19.8 Å². The minimum Gasteiger partial charge on any atom is -0.355 e. The second-order valence-corrected chi connectivity index (χ2v) is 6.72. The smallest absolute Gasteiger partial charge is 0.282 e. The molecule has 0 aromatic rings. The third-order valence-electron chi connectivity index (χ3n) is 3.54. The van der Waals surface area contributed by atoms with E-state index in [0.29, 0.717) is 39.3 Å². The lowest BCUT2D eigenvalue weighted by atomic mass is 10.2. The van der Waals surface area contributed by atoms with Crippen molar-refractivity contribution >= 4 is 16.1 Å². The molecule has 0 spiro atoms. The number of hydrogen-bond acceptors (Lipinski definition) is 4. The number of amides is 1. The van der Waals surface area contributed by atoms with Gasteiger partial charge in [0.1, 0.15) is 6.04 Å². The van der Waals surface area contributed by atoms with Gasteiger partial charge >= 0.3 is 0 Å². The van der Waals surface area contributed by atoms with Crippen LogP contribution in [0.15, 0.2) is 0 Å². The average Bonchev–Trinajstić information content (AvgIpc) is 2.93. The number of nitrogens with one attached hydrogen (secondary N) is 2. The van der Waals surface area contributed by atoms with E-state index in [9.17, 15) is 13.2 Å². The third-order valence-corrected chi connectivity index (χ3v) is 5.58. The Kier molecular flexibility index (Phi) is 4.77. The summed E-state index contributed by atoms with van der Waals surface area (Å²) in [5.74, 6) is -0.225. The fourth-order valence-corrected chi connectivity index (χ4v) is 4.37. The molecule has 1 amide bonds. The van der Waals surface area contributed by atoms with Gasteiger partial charge in [-0.3, -0.25) is 4.79 Å². The van der Waals surface area contributed by atoms with E-state index in [4.69, 9.17) is 0 Å². The molecule has 0 aromatic carbocycles. The quantitative estimate of drug-likeness (QED) is 0.677. The van der Waals surface area contributed by atoms with E-state index in [1.165, 1.54) is 8.61 Å². The molecule has 0 saturated carbocycles. The van der Waals surface area contributed by atoms with Crippen molar-refractivity contribution in [3.63, 3.8) is 0 Å². The Morgan fingerprint density at radius 1 is 1.32 bits per heavy atom. The van der Waals surface area contributed by atoms with Gasteiger partial charge in [-0.15, -0.1) is 0 Å². The molecule has 2 saturated heterocycles. The summed E-state index contributed by atoms with van der Waals surface area (Å²) in [5, 5.41) is 5.79. The van der Waals surface area contributed by atoms with Crippen LogP contribution < -0.4 is 10.6 Å². The van der Waals surface area contributed by atoms with E-state index in [2.05, 4.69) is 10.6 Å². The van der Waals surface area contributed by atoms with Crippen molar-refractivity contribution in [1.82, 2.24) is 19.2 Å². The highest BCUT2D eigenvalue weighted by atomic mass is 32.2. The van der Waals surface area contributed by atoms with Gasteiger partial charge in [0, 0.05) is 39.3 Å². The van der Waals surface area contributed by atoms with Gasteiger partial charge in [0.15, 0.2) is 0 Å². The highest BCUT2D eigenvalue weighted by Gasteiger charge is 2.40. The summed E-state index contributed by atoms with van der Waals surface area (Å²) in [6.07, 6.45) is 1.80. The topological polar surface area (TPSA) is 81.8 Å². The molecule has 0 aromatic heterocycles. The first-order valence-corrected chi connectivity index (χ1v) is 8.22. The molecular weight excluding hydrogens is 268 g/mol. The van der Waals surface area contributed by atoms with Crippen LogP contribution in [0.4, 0.5) is 0 Å². The van der Waals surface area contributed by atoms with Crippen molar-refractivity contribution in [1.29, 1.82) is 0 Å². The molecular formula is C11H22N4O3S. The van der Waals surface area contributed by atoms with E-state index in [-0.39, 0.29) is 5.91 Å². The van der Waals surface area contributed by atoms with E-state index < -0.39 is 16.3 Å². The zero-order valence-electron chi connectivity index (χ0n) is 11.3. The lowest BCUT2D eigenvalue weighted by Gasteiger charge is -2.36. The molecule has 2 fully saturated rings. The van der Waals surface area contributed by atoms with Crippen molar-refractivity contribution in [2.24, 2.45) is 0 Å². The van der Waals surface area contributed by atoms with Crippen LogP contribution in [0.3, 0.4) is 0 Å². The van der Waals surface area contributed by atoms with Gasteiger partial charge in [-0.1, -0.05) is 0 Å². The number of carbonyl (C=O) groups excluding carboxylic acids is 1. The summed E-state index contributed by atoms with van der Waals surface area (Å²) in [7, 11) is -3.51. The standard InChI is InChI=1S/C11H22N4O3S/c1-2-13-11(16)10-9-12-5-8-15(10)19(17,18)14-6-3-4-7-14/h10,12H,2-9H2,1H3,(H,13,16). The van der Waals surface area contributed by atoms with Crippen LogP contribution in [0.25, 0.3) is 0 Å². The van der Waals surface area contributed by atoms with Crippen molar-refractivity contribution in [2.75, 3.05) is 39.3 Å². The number of nitrogens with zero attached hydrogens (tertiary/aromatic N) is 2. The maximum absolute atomic E-state index is 12.6. The molecule has 0 aliphatic carbocycles. The molecule has 2 N–H and O–H groups in total. The summed E-state index contributed by atoms with van der Waals surface area (Å²) in [6.45, 7) is 4.77. The largest absolute Gasteiger partial charge is 0.355 e. The molecule has 7 nitrogen and oxygen atoms in total. The van der Waals surface area contributed by atoms with Crippen LogP contribution >= 0.6 is 0 Å². The van der Waals surface area contributed by atoms with E-state index >= 15 is 0 Å². The van der Waals surface area contributed by atoms with Crippen LogP contribution in [-0.4, -0.2) is 68.2 Å². The Morgan fingerprint density at radius 2 is 2.00 bits per heavy atom. The van der Waals surface area contributed by atoms with Crippen molar-refractivity contribution in [3.05, 3.63) is 0 Å². The van der Waals surface area contributed by atoms with Crippen LogP contribution in [0.1, 0.15) is 19.8 Å². The number of carbonyl (C=O) groups is 1. The Bertz CT molecular complexity index is 420. The third kappa shape index (κ3) is 3.07. The normalized spacial score (nSPS) is 26.5. The predicted molar refractivity (Wildman–Crippen MR) is 71.8 cm³/mol. The lowest BCUT2D eigenvalue weighted by Crippen LogP contribution is -2.61. The van der Waals surface area contributed by atoms with E-state index in [0.717, 1.165) is 12.8 Å². The minimum atomic E-state index is -3.51. The molecule has 0 bridgehead atoms. The van der Waals surface area contributed by atoms with E-state index in [1.807, 2.05) is 6.92 Å². The zero-order valence-corrected chi connectivity index (χ0v) is 12.1. The summed E-state index contributed by atoms with van der Waals surface area (Å²) in [6, 6.07) is -0.640. The van der Waals surface area contributed by atoms with Gasteiger partial charge in [-0.2, -0.15) is 17.0 Å². The zero-order chi connectivity index (χ0) is 13.9. The highest BCUT2D eigenvalue weighted by molar-refractivity contribution is 7.86. The van der Waals surface area contributed by atoms with Gasteiger partial charge < -0.3 is 10.6 Å². The van der Waals surface area contributed by atoms with E-state index in [1.54, 1.807) is 0 Å². The lowest BCUT2D eigenvalue weighted by molar-refractivity contribution is -0.125. The molecule has 8 heteroatoms. The molecule has 0 radical (unpaired) electrons. The monoisotopic (exact) mass is 290 g/mol. The minimum absolute atomic E-state index is 0.225. The number of rotatable bonds is 4. The Labute approximate surface area is 114 Å². The molecule has 19 heavy (non-hydrogen) atoms. The predicted octanol–water partition coefficient (Wildman–Crippen LogP) is -1.26. The maximum atomic E-state index is 12.6. The highest BCUT2D eigenvalue weighted by Crippen LogP contribution is 2.19. The molecule has 2 heterocycles. The Morgan fingerprint density at radius 3 is 2.63 bits per heavy atom. The summed E-state index contributed by atoms with van der Waals surface area (Å²) in [4.78, 5) is 12.0. The summed E-state index contributed by atoms with van der Waals surface area (Å²) < 4.78 is 27.9. The summed E-state index contributed by atoms with van der Waals surface area (Å²) >= 11 is 0. The van der Waals surface area contributed by atoms with Crippen LogP contribution in [0, 0.1) is 0 Å². The fourth-order valence-electron chi connectivity index (χ4n) is 2.54. The van der Waals surface area contributed by atoms with Gasteiger partial charge in [0.05, 0.1) is 0 Å². The van der Waals surface area contributed by atoms with Crippen molar-refractivity contribution in [3.8, 4) is 0 Å². The average molecular weight is 290 g/mol. The van der Waals surface area contributed by atoms with Gasteiger partial charge in [0.2, 0.25) is 5.91 Å². The number of hydrogen-bond donors (Lipinski definition) is 2. The van der Waals surface area contributed by atoms with Crippen LogP contribution in [0.5, 0.6) is 0 Å². The first-order chi connectivity index (χ1) is 9.07. The van der Waals surface area contributed by atoms with Crippen LogP contribution in [0.2, 0.25) is 0 Å². The Hall–Kier alpha value is -0.700. The first-order valence-electron chi connectivity index (χ1n) is 6.82. The fraction of sp³-hybridized carbons (Fsp3) is 0.909. The molecule has 1 atom stereocenters. The second-order valence-electron chi connectivity index (χ2n) is 4.84. The number of likely N-dealkylation sites (N-methyl/N-ethyl adjacent to an activating group) is 1. The Balaban J connectivity index is 2.16. The van der Waals surface area contributed by atoms with Gasteiger partial charge in [-0.25, -0.2) is 0 Å². The molecule has 2 rings (SSSR count).